The van der Waals surface area contributed by atoms with Crippen molar-refractivity contribution in [1.29, 1.82) is 0 Å². The minimum atomic E-state index is -0.392. The van der Waals surface area contributed by atoms with Crippen LogP contribution in [0, 0.1) is 0 Å². The van der Waals surface area contributed by atoms with Crippen LogP contribution < -0.4 is 18.9 Å². The lowest BCUT2D eigenvalue weighted by Gasteiger charge is -2.45. The Kier molecular flexibility index (Phi) is 5.14. The van der Waals surface area contributed by atoms with Crippen molar-refractivity contribution in [2.75, 3.05) is 47.1 Å². The molecule has 0 saturated carbocycles. The topological polar surface area (TPSA) is 66.5 Å². The molecule has 0 unspecified atom stereocenters. The third-order valence-corrected chi connectivity index (χ3v) is 6.50. The van der Waals surface area contributed by atoms with Gasteiger partial charge in [0.05, 0.1) is 26.4 Å². The van der Waals surface area contributed by atoms with E-state index < -0.39 is 5.60 Å². The summed E-state index contributed by atoms with van der Waals surface area (Å²) >= 11 is 0. The molecule has 0 aliphatic carbocycles. The number of carbonyl (C=O) groups excluding carboxylic acids is 1. The highest BCUT2D eigenvalue weighted by atomic mass is 16.6. The summed E-state index contributed by atoms with van der Waals surface area (Å²) in [6.07, 6.45) is 2.33. The molecule has 0 aromatic heterocycles. The molecule has 7 nitrogen and oxygen atoms in total. The predicted octanol–water partition coefficient (Wildman–Crippen LogP) is 3.18. The molecule has 3 aliphatic rings. The number of hydrogen-bond acceptors (Lipinski definition) is 6. The second-order valence-electron chi connectivity index (χ2n) is 8.11. The Balaban J connectivity index is 1.35. The lowest BCUT2D eigenvalue weighted by Crippen LogP contribution is -2.48. The zero-order valence-corrected chi connectivity index (χ0v) is 17.9. The van der Waals surface area contributed by atoms with Crippen molar-refractivity contribution in [3.05, 3.63) is 47.0 Å². The molecule has 1 amide bonds. The minimum absolute atomic E-state index is 0.00941. The smallest absolute Gasteiger partial charge is 0.253 e. The normalized spacial score (nSPS) is 19.0. The number of piperidine rings is 1. The summed E-state index contributed by atoms with van der Waals surface area (Å²) in [6, 6.07) is 9.51. The number of nitrogens with zero attached hydrogens (tertiary/aromatic N) is 1. The monoisotopic (exact) mass is 425 g/mol. The van der Waals surface area contributed by atoms with Crippen LogP contribution in [0.1, 0.15) is 34.3 Å². The number of benzene rings is 2. The molecule has 1 saturated heterocycles. The van der Waals surface area contributed by atoms with Gasteiger partial charge in [-0.05, 0) is 60.7 Å². The molecule has 0 radical (unpaired) electrons. The Morgan fingerprint density at radius 3 is 2.39 bits per heavy atom. The Hall–Kier alpha value is -2.93. The molecule has 0 N–H and O–H groups in total. The molecule has 1 spiro atoms. The van der Waals surface area contributed by atoms with Crippen LogP contribution in [0.2, 0.25) is 0 Å². The predicted molar refractivity (Wildman–Crippen MR) is 113 cm³/mol. The van der Waals surface area contributed by atoms with Gasteiger partial charge in [-0.25, -0.2) is 0 Å². The van der Waals surface area contributed by atoms with Crippen molar-refractivity contribution in [3.8, 4) is 23.0 Å². The van der Waals surface area contributed by atoms with E-state index in [0.29, 0.717) is 55.7 Å². The highest BCUT2D eigenvalue weighted by Crippen LogP contribution is 2.45. The van der Waals surface area contributed by atoms with Gasteiger partial charge in [0.25, 0.3) is 5.91 Å². The van der Waals surface area contributed by atoms with E-state index in [-0.39, 0.29) is 5.91 Å². The molecule has 2 aromatic rings. The van der Waals surface area contributed by atoms with Gasteiger partial charge in [-0.3, -0.25) is 4.79 Å². The first-order valence-corrected chi connectivity index (χ1v) is 10.7. The Labute approximate surface area is 181 Å². The number of likely N-dealkylation sites (tertiary alicyclic amines) is 1. The van der Waals surface area contributed by atoms with Crippen LogP contribution in [0.15, 0.2) is 30.3 Å². The molecule has 0 atom stereocenters. The summed E-state index contributed by atoms with van der Waals surface area (Å²) in [7, 11) is 3.30. The van der Waals surface area contributed by atoms with Gasteiger partial charge in [0.1, 0.15) is 13.2 Å². The van der Waals surface area contributed by atoms with E-state index in [4.69, 9.17) is 23.7 Å². The summed E-state index contributed by atoms with van der Waals surface area (Å²) in [5, 5.41) is 0. The zero-order valence-electron chi connectivity index (χ0n) is 17.9. The number of amides is 1. The summed E-state index contributed by atoms with van der Waals surface area (Å²) in [5.74, 6) is 2.79. The summed E-state index contributed by atoms with van der Waals surface area (Å²) < 4.78 is 28.5. The van der Waals surface area contributed by atoms with E-state index in [0.717, 1.165) is 30.6 Å². The van der Waals surface area contributed by atoms with E-state index in [1.807, 2.05) is 23.1 Å². The van der Waals surface area contributed by atoms with Crippen LogP contribution in [0.4, 0.5) is 0 Å². The SMILES string of the molecule is COc1cc2c(cc1OC)C1(CCN(C(=O)c3ccc4c(c3)OCCO4)CC1)OCC2. The van der Waals surface area contributed by atoms with Gasteiger partial charge in [0.2, 0.25) is 0 Å². The van der Waals surface area contributed by atoms with Crippen LogP contribution in [0.25, 0.3) is 0 Å². The number of carbonyl (C=O) groups is 1. The van der Waals surface area contributed by atoms with E-state index in [1.165, 1.54) is 5.56 Å². The fraction of sp³-hybridized carbons (Fsp3) is 0.458. The molecule has 1 fully saturated rings. The molecule has 2 aromatic carbocycles. The fourth-order valence-corrected chi connectivity index (χ4v) is 4.83. The Bertz CT molecular complexity index is 996. The number of ether oxygens (including phenoxy) is 5. The van der Waals surface area contributed by atoms with Crippen LogP contribution in [-0.4, -0.2) is 57.9 Å². The lowest BCUT2D eigenvalue weighted by atomic mass is 9.79. The summed E-state index contributed by atoms with van der Waals surface area (Å²) in [5.41, 5.74) is 2.62. The summed E-state index contributed by atoms with van der Waals surface area (Å²) in [4.78, 5) is 15.0. The quantitative estimate of drug-likeness (QED) is 0.753. The maximum Gasteiger partial charge on any atom is 0.253 e. The molecule has 31 heavy (non-hydrogen) atoms. The molecule has 3 aliphatic heterocycles. The van der Waals surface area contributed by atoms with Crippen molar-refractivity contribution in [3.63, 3.8) is 0 Å². The van der Waals surface area contributed by atoms with Crippen LogP contribution in [0.5, 0.6) is 23.0 Å². The van der Waals surface area contributed by atoms with Crippen molar-refractivity contribution >= 4 is 5.91 Å². The third kappa shape index (κ3) is 3.47. The second-order valence-corrected chi connectivity index (χ2v) is 8.11. The number of methoxy groups -OCH3 is 2. The third-order valence-electron chi connectivity index (χ3n) is 6.50. The van der Waals surface area contributed by atoms with Gasteiger partial charge in [0, 0.05) is 18.7 Å². The maximum atomic E-state index is 13.1. The highest BCUT2D eigenvalue weighted by Gasteiger charge is 2.42. The Morgan fingerprint density at radius 1 is 0.935 bits per heavy atom. The van der Waals surface area contributed by atoms with Gasteiger partial charge in [-0.2, -0.15) is 0 Å². The van der Waals surface area contributed by atoms with E-state index >= 15 is 0 Å². The first-order chi connectivity index (χ1) is 15.1. The molecule has 7 heteroatoms. The fourth-order valence-electron chi connectivity index (χ4n) is 4.83. The molecule has 5 rings (SSSR count). The number of hydrogen-bond donors (Lipinski definition) is 0. The first kappa shape index (κ1) is 20.0. The molecular weight excluding hydrogens is 398 g/mol. The highest BCUT2D eigenvalue weighted by molar-refractivity contribution is 5.95. The average molecular weight is 425 g/mol. The van der Waals surface area contributed by atoms with Crippen molar-refractivity contribution in [2.24, 2.45) is 0 Å². The van der Waals surface area contributed by atoms with Crippen LogP contribution in [-0.2, 0) is 16.8 Å². The van der Waals surface area contributed by atoms with Crippen LogP contribution >= 0.6 is 0 Å². The van der Waals surface area contributed by atoms with Gasteiger partial charge in [-0.1, -0.05) is 0 Å². The minimum Gasteiger partial charge on any atom is -0.493 e. The Morgan fingerprint density at radius 2 is 1.65 bits per heavy atom. The van der Waals surface area contributed by atoms with Crippen LogP contribution in [0.3, 0.4) is 0 Å². The second kappa shape index (κ2) is 7.96. The average Bonchev–Trinajstić information content (AvgIpc) is 2.83. The van der Waals surface area contributed by atoms with Gasteiger partial charge < -0.3 is 28.6 Å². The molecular formula is C24H27NO6. The maximum absolute atomic E-state index is 13.1. The van der Waals surface area contributed by atoms with Gasteiger partial charge >= 0.3 is 0 Å². The van der Waals surface area contributed by atoms with E-state index in [2.05, 4.69) is 6.07 Å². The number of fused-ring (bicyclic) bond motifs is 3. The standard InChI is InChI=1S/C24H27NO6/c1-27-20-13-16-5-10-31-24(18(16)15-21(20)28-2)6-8-25(9-7-24)23(26)17-3-4-19-22(14-17)30-12-11-29-19/h3-4,13-15H,5-12H2,1-2H3. The van der Waals surface area contributed by atoms with Crippen molar-refractivity contribution < 1.29 is 28.5 Å². The first-order valence-electron chi connectivity index (χ1n) is 10.7. The molecule has 3 heterocycles. The lowest BCUT2D eigenvalue weighted by molar-refractivity contribution is -0.0936. The van der Waals surface area contributed by atoms with Crippen molar-refractivity contribution in [1.82, 2.24) is 4.90 Å². The van der Waals surface area contributed by atoms with E-state index in [9.17, 15) is 4.79 Å². The van der Waals surface area contributed by atoms with E-state index in [1.54, 1.807) is 20.3 Å². The van der Waals surface area contributed by atoms with Gasteiger partial charge in [-0.15, -0.1) is 0 Å². The number of rotatable bonds is 3. The molecule has 164 valence electrons. The van der Waals surface area contributed by atoms with Crippen molar-refractivity contribution in [2.45, 2.75) is 24.9 Å². The molecule has 0 bridgehead atoms. The summed E-state index contributed by atoms with van der Waals surface area (Å²) in [6.45, 7) is 2.95. The van der Waals surface area contributed by atoms with Gasteiger partial charge in [0.15, 0.2) is 23.0 Å². The zero-order chi connectivity index (χ0) is 21.4. The largest absolute Gasteiger partial charge is 0.493 e.